The van der Waals surface area contributed by atoms with Gasteiger partial charge in [0.15, 0.2) is 5.43 Å². The second-order valence-electron chi connectivity index (χ2n) is 7.32. The zero-order chi connectivity index (χ0) is 20.1. The topological polar surface area (TPSA) is 45.6 Å². The second kappa shape index (κ2) is 8.88. The van der Waals surface area contributed by atoms with Gasteiger partial charge in [0.05, 0.1) is 5.52 Å². The molecule has 29 heavy (non-hydrogen) atoms. The first kappa shape index (κ1) is 19.2. The molecule has 1 saturated heterocycles. The Morgan fingerprint density at radius 3 is 2.41 bits per heavy atom. The molecule has 2 heterocycles. The molecule has 1 aliphatic heterocycles. The first-order valence-corrected chi connectivity index (χ1v) is 10.0. The lowest BCUT2D eigenvalue weighted by molar-refractivity contribution is -0.133. The third kappa shape index (κ3) is 4.63. The van der Waals surface area contributed by atoms with E-state index in [2.05, 4.69) is 29.2 Å². The Hall–Kier alpha value is -3.18. The lowest BCUT2D eigenvalue weighted by atomic mass is 10.2. The molecule has 1 amide bonds. The molecular weight excluding hydrogens is 362 g/mol. The van der Waals surface area contributed by atoms with Crippen LogP contribution in [-0.4, -0.2) is 53.0 Å². The van der Waals surface area contributed by atoms with Crippen LogP contribution in [-0.2, 0) is 11.3 Å². The Kier molecular flexibility index (Phi) is 5.86. The molecule has 3 aromatic rings. The van der Waals surface area contributed by atoms with Crippen molar-refractivity contribution < 1.29 is 4.79 Å². The molecule has 0 atom stereocenters. The van der Waals surface area contributed by atoms with Gasteiger partial charge in [-0.15, -0.1) is 0 Å². The summed E-state index contributed by atoms with van der Waals surface area (Å²) in [6.07, 6.45) is 6.03. The Labute approximate surface area is 170 Å². The lowest BCUT2D eigenvalue weighted by Gasteiger charge is -2.34. The van der Waals surface area contributed by atoms with Crippen molar-refractivity contribution in [2.75, 3.05) is 32.7 Å². The van der Waals surface area contributed by atoms with Crippen LogP contribution in [0.4, 0.5) is 0 Å². The molecule has 5 heteroatoms. The van der Waals surface area contributed by atoms with Gasteiger partial charge < -0.3 is 9.47 Å². The molecule has 0 saturated carbocycles. The van der Waals surface area contributed by atoms with Gasteiger partial charge >= 0.3 is 0 Å². The maximum Gasteiger partial charge on any atom is 0.242 e. The number of rotatable bonds is 5. The van der Waals surface area contributed by atoms with Gasteiger partial charge in [-0.25, -0.2) is 0 Å². The van der Waals surface area contributed by atoms with Crippen LogP contribution in [0.25, 0.3) is 17.0 Å². The zero-order valence-electron chi connectivity index (χ0n) is 16.4. The van der Waals surface area contributed by atoms with Crippen LogP contribution in [0.5, 0.6) is 0 Å². The number of aromatic nitrogens is 1. The van der Waals surface area contributed by atoms with Crippen LogP contribution in [0.1, 0.15) is 5.56 Å². The number of carbonyl (C=O) groups is 1. The molecule has 0 radical (unpaired) electrons. The molecule has 1 aromatic heterocycles. The summed E-state index contributed by atoms with van der Waals surface area (Å²) in [5.41, 5.74) is 1.99. The normalized spacial score (nSPS) is 15.2. The molecule has 0 bridgehead atoms. The van der Waals surface area contributed by atoms with Gasteiger partial charge in [0.25, 0.3) is 0 Å². The first-order chi connectivity index (χ1) is 14.2. The van der Waals surface area contributed by atoms with Crippen LogP contribution >= 0.6 is 0 Å². The molecule has 0 unspecified atom stereocenters. The third-order valence-corrected chi connectivity index (χ3v) is 5.39. The van der Waals surface area contributed by atoms with E-state index in [1.54, 1.807) is 12.3 Å². The van der Waals surface area contributed by atoms with Crippen molar-refractivity contribution in [1.82, 2.24) is 14.4 Å². The average molecular weight is 387 g/mol. The largest absolute Gasteiger partial charge is 0.339 e. The van der Waals surface area contributed by atoms with E-state index in [4.69, 9.17) is 0 Å². The predicted molar refractivity (Wildman–Crippen MR) is 117 cm³/mol. The van der Waals surface area contributed by atoms with E-state index >= 15 is 0 Å². The summed E-state index contributed by atoms with van der Waals surface area (Å²) in [5.74, 6) is 0.0956. The molecule has 1 aliphatic rings. The van der Waals surface area contributed by atoms with E-state index in [-0.39, 0.29) is 17.9 Å². The van der Waals surface area contributed by atoms with E-state index in [0.717, 1.165) is 38.2 Å². The number of carbonyl (C=O) groups excluding carboxylic acids is 1. The van der Waals surface area contributed by atoms with Crippen molar-refractivity contribution >= 4 is 22.9 Å². The van der Waals surface area contributed by atoms with Gasteiger partial charge in [-0.3, -0.25) is 14.5 Å². The number of hydrogen-bond acceptors (Lipinski definition) is 3. The van der Waals surface area contributed by atoms with Crippen LogP contribution in [0.3, 0.4) is 0 Å². The zero-order valence-corrected chi connectivity index (χ0v) is 16.4. The fourth-order valence-electron chi connectivity index (χ4n) is 3.73. The molecule has 5 nitrogen and oxygen atoms in total. The number of para-hydroxylation sites is 1. The maximum atomic E-state index is 12.8. The van der Waals surface area contributed by atoms with Gasteiger partial charge in [-0.05, 0) is 17.7 Å². The number of hydrogen-bond donors (Lipinski definition) is 0. The van der Waals surface area contributed by atoms with E-state index in [0.29, 0.717) is 5.39 Å². The van der Waals surface area contributed by atoms with Crippen molar-refractivity contribution in [1.29, 1.82) is 0 Å². The summed E-state index contributed by atoms with van der Waals surface area (Å²) >= 11 is 0. The molecule has 0 aliphatic carbocycles. The third-order valence-electron chi connectivity index (χ3n) is 5.39. The number of nitrogens with zero attached hydrogens (tertiary/aromatic N) is 3. The maximum absolute atomic E-state index is 12.8. The van der Waals surface area contributed by atoms with Crippen molar-refractivity contribution in [3.63, 3.8) is 0 Å². The Morgan fingerprint density at radius 2 is 1.62 bits per heavy atom. The van der Waals surface area contributed by atoms with Gasteiger partial charge in [0.2, 0.25) is 5.91 Å². The van der Waals surface area contributed by atoms with Gasteiger partial charge in [0, 0.05) is 50.4 Å². The molecule has 0 spiro atoms. The van der Waals surface area contributed by atoms with Crippen molar-refractivity contribution in [2.45, 2.75) is 6.54 Å². The van der Waals surface area contributed by atoms with E-state index < -0.39 is 0 Å². The molecule has 1 fully saturated rings. The fourth-order valence-corrected chi connectivity index (χ4v) is 3.73. The van der Waals surface area contributed by atoms with Crippen molar-refractivity contribution in [3.05, 3.63) is 88.7 Å². The minimum atomic E-state index is -0.0125. The van der Waals surface area contributed by atoms with Crippen LogP contribution in [0.2, 0.25) is 0 Å². The number of fused-ring (bicyclic) bond motifs is 1. The Balaban J connectivity index is 1.32. The number of piperazine rings is 1. The quantitative estimate of drug-likeness (QED) is 0.676. The summed E-state index contributed by atoms with van der Waals surface area (Å²) in [7, 11) is 0. The lowest BCUT2D eigenvalue weighted by Crippen LogP contribution is -2.49. The molecule has 2 aromatic carbocycles. The highest BCUT2D eigenvalue weighted by atomic mass is 16.2. The fraction of sp³-hybridized carbons (Fsp3) is 0.250. The van der Waals surface area contributed by atoms with E-state index in [1.807, 2.05) is 45.9 Å². The monoisotopic (exact) mass is 387 g/mol. The number of benzene rings is 2. The number of amides is 1. The van der Waals surface area contributed by atoms with Gasteiger partial charge in [0.1, 0.15) is 6.54 Å². The van der Waals surface area contributed by atoms with Crippen LogP contribution < -0.4 is 5.43 Å². The summed E-state index contributed by atoms with van der Waals surface area (Å²) < 4.78 is 1.87. The highest BCUT2D eigenvalue weighted by Crippen LogP contribution is 2.11. The van der Waals surface area contributed by atoms with Crippen LogP contribution in [0, 0.1) is 0 Å². The summed E-state index contributed by atoms with van der Waals surface area (Å²) in [6, 6.07) is 19.2. The van der Waals surface area contributed by atoms with Gasteiger partial charge in [-0.1, -0.05) is 54.6 Å². The predicted octanol–water partition coefficient (Wildman–Crippen LogP) is 2.86. The second-order valence-corrected chi connectivity index (χ2v) is 7.32. The summed E-state index contributed by atoms with van der Waals surface area (Å²) in [5, 5.41) is 0.651. The standard InChI is InChI=1S/C24H25N3O2/c28-23-12-14-27(22-11-5-4-10-21(22)23)19-24(29)26-17-15-25(16-18-26)13-6-9-20-7-2-1-3-8-20/h1-12,14H,13,15-19H2/b9-6+. The SMILES string of the molecule is O=C(Cn1ccc(=O)c2ccccc21)N1CCN(C/C=C/c2ccccc2)CC1. The highest BCUT2D eigenvalue weighted by Gasteiger charge is 2.20. The average Bonchev–Trinajstić information content (AvgIpc) is 2.77. The van der Waals surface area contributed by atoms with Crippen LogP contribution in [0.15, 0.2) is 77.7 Å². The highest BCUT2D eigenvalue weighted by molar-refractivity contribution is 5.82. The Bertz CT molecular complexity index is 1060. The number of pyridine rings is 1. The summed E-state index contributed by atoms with van der Waals surface area (Å²) in [6.45, 7) is 4.35. The Morgan fingerprint density at radius 1 is 0.897 bits per heavy atom. The van der Waals surface area contributed by atoms with Crippen molar-refractivity contribution in [3.8, 4) is 0 Å². The van der Waals surface area contributed by atoms with Gasteiger partial charge in [-0.2, -0.15) is 0 Å². The molecule has 0 N–H and O–H groups in total. The minimum Gasteiger partial charge on any atom is -0.339 e. The molecule has 4 rings (SSSR count). The summed E-state index contributed by atoms with van der Waals surface area (Å²) in [4.78, 5) is 29.1. The minimum absolute atomic E-state index is 0.0125. The first-order valence-electron chi connectivity index (χ1n) is 10.0. The molecular formula is C24H25N3O2. The van der Waals surface area contributed by atoms with E-state index in [1.165, 1.54) is 11.6 Å². The smallest absolute Gasteiger partial charge is 0.242 e. The van der Waals surface area contributed by atoms with Crippen molar-refractivity contribution in [2.24, 2.45) is 0 Å². The molecule has 148 valence electrons. The van der Waals surface area contributed by atoms with E-state index in [9.17, 15) is 9.59 Å².